The predicted molar refractivity (Wildman–Crippen MR) is 173 cm³/mol. The highest BCUT2D eigenvalue weighted by atomic mass is 15.0. The molecule has 0 fully saturated rings. The number of pyridine rings is 1. The van der Waals surface area contributed by atoms with Crippen LogP contribution in [0.25, 0.3) is 28.0 Å². The Morgan fingerprint density at radius 1 is 0.683 bits per heavy atom. The Labute approximate surface area is 242 Å². The molecule has 0 atom stereocenters. The molecule has 200 valence electrons. The highest BCUT2D eigenvalue weighted by Crippen LogP contribution is 2.49. The van der Waals surface area contributed by atoms with Crippen molar-refractivity contribution in [3.63, 3.8) is 0 Å². The first-order chi connectivity index (χ1) is 19.8. The van der Waals surface area contributed by atoms with Crippen LogP contribution in [0.4, 0.5) is 0 Å². The number of aryl methyl sites for hydroxylation is 1. The topological polar surface area (TPSA) is 37.6 Å². The Kier molecular flexibility index (Phi) is 6.80. The number of aromatic nitrogens is 1. The highest BCUT2D eigenvalue weighted by molar-refractivity contribution is 6.12. The van der Waals surface area contributed by atoms with Gasteiger partial charge in [0.15, 0.2) is 5.84 Å². The van der Waals surface area contributed by atoms with Crippen LogP contribution in [0, 0.1) is 6.92 Å². The summed E-state index contributed by atoms with van der Waals surface area (Å²) in [7, 11) is 0. The lowest BCUT2D eigenvalue weighted by Crippen LogP contribution is -2.15. The molecule has 1 heterocycles. The molecule has 0 radical (unpaired) electrons. The smallest absolute Gasteiger partial charge is 0.178 e. The maximum atomic E-state index is 4.92. The fourth-order valence-electron chi connectivity index (χ4n) is 5.59. The molecule has 6 rings (SSSR count). The molecule has 1 aliphatic carbocycles. The van der Waals surface area contributed by atoms with Crippen LogP contribution in [0.2, 0.25) is 0 Å². The number of nitrogens with zero attached hydrogens (tertiary/aromatic N) is 3. The lowest BCUT2D eigenvalue weighted by atomic mass is 9.81. The van der Waals surface area contributed by atoms with Gasteiger partial charge in [-0.25, -0.2) is 9.98 Å². The first-order valence-electron chi connectivity index (χ1n) is 14.0. The third kappa shape index (κ3) is 5.07. The maximum absolute atomic E-state index is 4.92. The minimum atomic E-state index is -0.0542. The molecule has 0 spiro atoms. The molecule has 0 aliphatic heterocycles. The van der Waals surface area contributed by atoms with E-state index >= 15 is 0 Å². The van der Waals surface area contributed by atoms with Gasteiger partial charge in [0.05, 0.1) is 5.70 Å². The molecule has 0 N–H and O–H groups in total. The first-order valence-corrected chi connectivity index (χ1v) is 14.0. The molecule has 3 nitrogen and oxygen atoms in total. The number of hydrogen-bond donors (Lipinski definition) is 0. The molecule has 5 aromatic rings. The second-order valence-corrected chi connectivity index (χ2v) is 11.2. The van der Waals surface area contributed by atoms with Gasteiger partial charge in [0.1, 0.15) is 5.69 Å². The minimum Gasteiger partial charge on any atom is -0.252 e. The molecule has 3 heteroatoms. The van der Waals surface area contributed by atoms with Crippen LogP contribution in [-0.2, 0) is 5.41 Å². The van der Waals surface area contributed by atoms with Gasteiger partial charge in [-0.3, -0.25) is 4.98 Å². The van der Waals surface area contributed by atoms with E-state index in [1.807, 2.05) is 79.9 Å². The first kappa shape index (κ1) is 26.3. The van der Waals surface area contributed by atoms with E-state index in [1.54, 1.807) is 0 Å². The molecule has 1 aromatic heterocycles. The Morgan fingerprint density at radius 2 is 1.29 bits per heavy atom. The van der Waals surface area contributed by atoms with E-state index in [9.17, 15) is 0 Å². The van der Waals surface area contributed by atoms with Crippen LogP contribution in [0.3, 0.4) is 0 Å². The largest absolute Gasteiger partial charge is 0.252 e. The van der Waals surface area contributed by atoms with Crippen molar-refractivity contribution in [3.8, 4) is 22.3 Å². The monoisotopic (exact) mass is 531 g/mol. The number of aliphatic imine (C=N–C) groups is 2. The maximum Gasteiger partial charge on any atom is 0.178 e. The summed E-state index contributed by atoms with van der Waals surface area (Å²) < 4.78 is 0. The normalized spacial score (nSPS) is 14.0. The molecule has 0 saturated heterocycles. The van der Waals surface area contributed by atoms with Crippen LogP contribution in [-0.4, -0.2) is 16.5 Å². The quantitative estimate of drug-likeness (QED) is 0.164. The summed E-state index contributed by atoms with van der Waals surface area (Å²) >= 11 is 0. The van der Waals surface area contributed by atoms with Crippen molar-refractivity contribution >= 4 is 17.2 Å². The molecule has 0 bridgehead atoms. The van der Waals surface area contributed by atoms with Crippen molar-refractivity contribution in [2.45, 2.75) is 33.1 Å². The van der Waals surface area contributed by atoms with Crippen molar-refractivity contribution in [1.29, 1.82) is 0 Å². The molecule has 0 unspecified atom stereocenters. The van der Waals surface area contributed by atoms with Crippen molar-refractivity contribution in [3.05, 3.63) is 155 Å². The molecule has 41 heavy (non-hydrogen) atoms. The summed E-state index contributed by atoms with van der Waals surface area (Å²) in [5.41, 5.74) is 13.0. The van der Waals surface area contributed by atoms with Crippen molar-refractivity contribution in [2.75, 3.05) is 0 Å². The van der Waals surface area contributed by atoms with Gasteiger partial charge in [-0.1, -0.05) is 123 Å². The van der Waals surface area contributed by atoms with Crippen LogP contribution in [0.15, 0.2) is 132 Å². The van der Waals surface area contributed by atoms with Crippen molar-refractivity contribution < 1.29 is 0 Å². The van der Waals surface area contributed by atoms with Crippen LogP contribution >= 0.6 is 0 Å². The number of benzene rings is 4. The summed E-state index contributed by atoms with van der Waals surface area (Å²) in [5, 5.41) is 0. The van der Waals surface area contributed by atoms with Crippen molar-refractivity contribution in [1.82, 2.24) is 4.98 Å². The van der Waals surface area contributed by atoms with E-state index in [4.69, 9.17) is 15.0 Å². The summed E-state index contributed by atoms with van der Waals surface area (Å²) in [5.74, 6) is 0.535. The minimum absolute atomic E-state index is 0.0542. The lowest BCUT2D eigenvalue weighted by molar-refractivity contribution is 0.660. The van der Waals surface area contributed by atoms with Gasteiger partial charge < -0.3 is 0 Å². The standard InChI is InChI=1S/C38H33N3/c1-25-16-19-32-33-20-17-30(23-35(33)38(4,5)34(32)22-25)31-18-21-36(39-24-31)37(40-26(2)28-12-8-6-9-13-28)41-27(3)29-14-10-7-11-15-29/h6-24H,2H2,1,3-5H3/b40-37-,41-27+. The Bertz CT molecular complexity index is 1810. The number of hydrogen-bond acceptors (Lipinski definition) is 2. The SMILES string of the molecule is C=C(/N=C(\N=C(/C)c1ccccc1)c1ccc(-c2ccc3c(c2)C(C)(C)c2cc(C)ccc2-3)cn1)c1ccccc1. The Hall–Kier alpha value is -4.89. The van der Waals surface area contributed by atoms with Gasteiger partial charge in [-0.15, -0.1) is 0 Å². The number of rotatable bonds is 5. The van der Waals surface area contributed by atoms with Crippen LogP contribution in [0.1, 0.15) is 54.3 Å². The Balaban J connectivity index is 1.37. The fourth-order valence-corrected chi connectivity index (χ4v) is 5.59. The van der Waals surface area contributed by atoms with Gasteiger partial charge in [-0.2, -0.15) is 0 Å². The summed E-state index contributed by atoms with van der Waals surface area (Å²) in [4.78, 5) is 14.6. The van der Waals surface area contributed by atoms with Crippen molar-refractivity contribution in [2.24, 2.45) is 9.98 Å². The second kappa shape index (κ2) is 10.6. The fraction of sp³-hybridized carbons (Fsp3) is 0.132. The molecule has 0 saturated carbocycles. The number of fused-ring (bicyclic) bond motifs is 3. The summed E-state index contributed by atoms with van der Waals surface area (Å²) in [6.45, 7) is 13.0. The molecule has 4 aromatic carbocycles. The summed E-state index contributed by atoms with van der Waals surface area (Å²) in [6, 6.07) is 37.8. The molecule has 1 aliphatic rings. The van der Waals surface area contributed by atoms with E-state index in [1.165, 1.54) is 27.8 Å². The van der Waals surface area contributed by atoms with E-state index in [2.05, 4.69) is 69.8 Å². The zero-order valence-corrected chi connectivity index (χ0v) is 24.0. The summed E-state index contributed by atoms with van der Waals surface area (Å²) in [6.07, 6.45) is 1.92. The third-order valence-electron chi connectivity index (χ3n) is 7.97. The van der Waals surface area contributed by atoms with Gasteiger partial charge in [0.25, 0.3) is 0 Å². The molecular formula is C38H33N3. The van der Waals surface area contributed by atoms with E-state index in [0.717, 1.165) is 28.0 Å². The highest BCUT2D eigenvalue weighted by Gasteiger charge is 2.35. The van der Waals surface area contributed by atoms with E-state index in [-0.39, 0.29) is 5.41 Å². The second-order valence-electron chi connectivity index (χ2n) is 11.2. The zero-order chi connectivity index (χ0) is 28.6. The van der Waals surface area contributed by atoms with E-state index in [0.29, 0.717) is 17.2 Å². The van der Waals surface area contributed by atoms with Crippen LogP contribution in [0.5, 0.6) is 0 Å². The molecule has 0 amide bonds. The van der Waals surface area contributed by atoms with E-state index < -0.39 is 0 Å². The average molecular weight is 532 g/mol. The van der Waals surface area contributed by atoms with Gasteiger partial charge in [-0.05, 0) is 64.9 Å². The number of amidine groups is 1. The van der Waals surface area contributed by atoms with Crippen LogP contribution < -0.4 is 0 Å². The van der Waals surface area contributed by atoms with Gasteiger partial charge in [0.2, 0.25) is 0 Å². The molecular weight excluding hydrogens is 498 g/mol. The predicted octanol–water partition coefficient (Wildman–Crippen LogP) is 9.29. The van der Waals surface area contributed by atoms with Gasteiger partial charge in [0, 0.05) is 22.9 Å². The third-order valence-corrected chi connectivity index (χ3v) is 7.97. The average Bonchev–Trinajstić information content (AvgIpc) is 3.23. The Morgan fingerprint density at radius 3 is 1.95 bits per heavy atom. The zero-order valence-electron chi connectivity index (χ0n) is 24.0. The van der Waals surface area contributed by atoms with Gasteiger partial charge >= 0.3 is 0 Å². The lowest BCUT2D eigenvalue weighted by Gasteiger charge is -2.22.